The number of methoxy groups -OCH3 is 1. The summed E-state index contributed by atoms with van der Waals surface area (Å²) in [5, 5.41) is 0. The third-order valence-corrected chi connectivity index (χ3v) is 2.92. The maximum Gasteiger partial charge on any atom is 0.128 e. The molecule has 0 heterocycles. The first kappa shape index (κ1) is 13.7. The standard InChI is InChI=1S/C14H13BrFNO2/c1-18-13-3-9(2-12(17)7-13)8-19-14-5-10(15)4-11(16)6-14/h2-7H,8,17H2,1H3. The van der Waals surface area contributed by atoms with Crippen LogP contribution in [-0.2, 0) is 6.61 Å². The van der Waals surface area contributed by atoms with Gasteiger partial charge in [0.15, 0.2) is 0 Å². The van der Waals surface area contributed by atoms with E-state index >= 15 is 0 Å². The minimum absolute atomic E-state index is 0.289. The van der Waals surface area contributed by atoms with Crippen LogP contribution in [0.3, 0.4) is 0 Å². The summed E-state index contributed by atoms with van der Waals surface area (Å²) in [6.45, 7) is 0.289. The van der Waals surface area contributed by atoms with Crippen molar-refractivity contribution < 1.29 is 13.9 Å². The molecule has 2 aromatic carbocycles. The Bertz CT molecular complexity index is 569. The van der Waals surface area contributed by atoms with Gasteiger partial charge in [-0.1, -0.05) is 15.9 Å². The molecule has 2 N–H and O–H groups in total. The van der Waals surface area contributed by atoms with E-state index in [4.69, 9.17) is 15.2 Å². The Labute approximate surface area is 119 Å². The molecule has 3 nitrogen and oxygen atoms in total. The van der Waals surface area contributed by atoms with Crippen molar-refractivity contribution in [3.05, 3.63) is 52.3 Å². The average molecular weight is 326 g/mol. The van der Waals surface area contributed by atoms with Crippen LogP contribution in [0.5, 0.6) is 11.5 Å². The van der Waals surface area contributed by atoms with E-state index < -0.39 is 0 Å². The fourth-order valence-electron chi connectivity index (χ4n) is 1.67. The first-order valence-electron chi connectivity index (χ1n) is 5.59. The largest absolute Gasteiger partial charge is 0.497 e. The number of nitrogens with two attached hydrogens (primary N) is 1. The highest BCUT2D eigenvalue weighted by Crippen LogP contribution is 2.23. The monoisotopic (exact) mass is 325 g/mol. The molecule has 0 aliphatic rings. The van der Waals surface area contributed by atoms with Crippen LogP contribution in [0.4, 0.5) is 10.1 Å². The third kappa shape index (κ3) is 3.86. The molecule has 0 bridgehead atoms. The van der Waals surface area contributed by atoms with E-state index in [1.165, 1.54) is 12.1 Å². The summed E-state index contributed by atoms with van der Waals surface area (Å²) in [6.07, 6.45) is 0. The minimum atomic E-state index is -0.352. The molecule has 19 heavy (non-hydrogen) atoms. The third-order valence-electron chi connectivity index (χ3n) is 2.47. The highest BCUT2D eigenvalue weighted by Gasteiger charge is 2.03. The van der Waals surface area contributed by atoms with Crippen LogP contribution in [0.2, 0.25) is 0 Å². The molecule has 0 amide bonds. The zero-order chi connectivity index (χ0) is 13.8. The van der Waals surface area contributed by atoms with Crippen molar-refractivity contribution in [3.8, 4) is 11.5 Å². The van der Waals surface area contributed by atoms with Crippen molar-refractivity contribution in [1.29, 1.82) is 0 Å². The van der Waals surface area contributed by atoms with E-state index in [0.717, 1.165) is 5.56 Å². The Morgan fingerprint density at radius 2 is 1.89 bits per heavy atom. The van der Waals surface area contributed by atoms with Crippen LogP contribution >= 0.6 is 15.9 Å². The van der Waals surface area contributed by atoms with Gasteiger partial charge in [0.05, 0.1) is 7.11 Å². The molecular formula is C14H13BrFNO2. The molecule has 0 aliphatic heterocycles. The second-order valence-electron chi connectivity index (χ2n) is 4.01. The van der Waals surface area contributed by atoms with Gasteiger partial charge in [-0.15, -0.1) is 0 Å². The van der Waals surface area contributed by atoms with Crippen LogP contribution in [0.1, 0.15) is 5.56 Å². The number of nitrogen functional groups attached to an aromatic ring is 1. The summed E-state index contributed by atoms with van der Waals surface area (Å²) in [4.78, 5) is 0. The summed E-state index contributed by atoms with van der Waals surface area (Å²) in [5.74, 6) is 0.766. The molecule has 0 saturated carbocycles. The van der Waals surface area contributed by atoms with Crippen LogP contribution in [-0.4, -0.2) is 7.11 Å². The molecule has 0 saturated heterocycles. The van der Waals surface area contributed by atoms with E-state index in [-0.39, 0.29) is 12.4 Å². The van der Waals surface area contributed by atoms with Gasteiger partial charge in [0.2, 0.25) is 0 Å². The second kappa shape index (κ2) is 5.93. The van der Waals surface area contributed by atoms with Gasteiger partial charge in [0.25, 0.3) is 0 Å². The normalized spacial score (nSPS) is 10.3. The fourth-order valence-corrected chi connectivity index (χ4v) is 2.11. The molecule has 2 aromatic rings. The predicted molar refractivity (Wildman–Crippen MR) is 75.8 cm³/mol. The maximum atomic E-state index is 13.2. The molecular weight excluding hydrogens is 313 g/mol. The minimum Gasteiger partial charge on any atom is -0.497 e. The summed E-state index contributed by atoms with van der Waals surface area (Å²) in [6, 6.07) is 9.74. The number of ether oxygens (including phenoxy) is 2. The van der Waals surface area contributed by atoms with Gasteiger partial charge in [0, 0.05) is 22.3 Å². The first-order valence-corrected chi connectivity index (χ1v) is 6.38. The second-order valence-corrected chi connectivity index (χ2v) is 4.92. The lowest BCUT2D eigenvalue weighted by Gasteiger charge is -2.09. The molecule has 0 fully saturated rings. The number of halogens is 2. The number of anilines is 1. The Kier molecular flexibility index (Phi) is 4.27. The molecule has 100 valence electrons. The highest BCUT2D eigenvalue weighted by molar-refractivity contribution is 9.10. The Hall–Kier alpha value is -1.75. The quantitative estimate of drug-likeness (QED) is 0.870. The summed E-state index contributed by atoms with van der Waals surface area (Å²) < 4.78 is 24.5. The van der Waals surface area contributed by atoms with Gasteiger partial charge in [0.1, 0.15) is 23.9 Å². The zero-order valence-corrected chi connectivity index (χ0v) is 11.9. The van der Waals surface area contributed by atoms with Crippen LogP contribution in [0.15, 0.2) is 40.9 Å². The van der Waals surface area contributed by atoms with E-state index in [2.05, 4.69) is 15.9 Å². The first-order chi connectivity index (χ1) is 9.06. The Morgan fingerprint density at radius 1 is 1.11 bits per heavy atom. The van der Waals surface area contributed by atoms with Crippen molar-refractivity contribution in [3.63, 3.8) is 0 Å². The fraction of sp³-hybridized carbons (Fsp3) is 0.143. The number of rotatable bonds is 4. The Morgan fingerprint density at radius 3 is 2.58 bits per heavy atom. The smallest absolute Gasteiger partial charge is 0.128 e. The van der Waals surface area contributed by atoms with Crippen LogP contribution in [0.25, 0.3) is 0 Å². The van der Waals surface area contributed by atoms with E-state index in [9.17, 15) is 4.39 Å². The molecule has 0 spiro atoms. The Balaban J connectivity index is 2.11. The van der Waals surface area contributed by atoms with Gasteiger partial charge in [-0.05, 0) is 29.8 Å². The predicted octanol–water partition coefficient (Wildman–Crippen LogP) is 3.76. The summed E-state index contributed by atoms with van der Waals surface area (Å²) in [5.41, 5.74) is 7.20. The zero-order valence-electron chi connectivity index (χ0n) is 10.3. The van der Waals surface area contributed by atoms with E-state index in [1.54, 1.807) is 25.3 Å². The molecule has 0 atom stereocenters. The molecule has 2 rings (SSSR count). The van der Waals surface area contributed by atoms with Crippen LogP contribution < -0.4 is 15.2 Å². The lowest BCUT2D eigenvalue weighted by molar-refractivity contribution is 0.303. The summed E-state index contributed by atoms with van der Waals surface area (Å²) >= 11 is 3.21. The highest BCUT2D eigenvalue weighted by atomic mass is 79.9. The molecule has 0 aromatic heterocycles. The van der Waals surface area contributed by atoms with Gasteiger partial charge < -0.3 is 15.2 Å². The van der Waals surface area contributed by atoms with Crippen LogP contribution in [0, 0.1) is 5.82 Å². The molecule has 0 unspecified atom stereocenters. The maximum absolute atomic E-state index is 13.2. The molecule has 5 heteroatoms. The average Bonchev–Trinajstić information content (AvgIpc) is 2.34. The lowest BCUT2D eigenvalue weighted by Crippen LogP contribution is -1.98. The van der Waals surface area contributed by atoms with Crippen molar-refractivity contribution in [2.24, 2.45) is 0 Å². The van der Waals surface area contributed by atoms with E-state index in [1.807, 2.05) is 6.07 Å². The van der Waals surface area contributed by atoms with Crippen molar-refractivity contribution in [2.45, 2.75) is 6.61 Å². The van der Waals surface area contributed by atoms with E-state index in [0.29, 0.717) is 21.7 Å². The number of hydrogen-bond donors (Lipinski definition) is 1. The number of benzene rings is 2. The summed E-state index contributed by atoms with van der Waals surface area (Å²) in [7, 11) is 1.57. The lowest BCUT2D eigenvalue weighted by atomic mass is 10.2. The van der Waals surface area contributed by atoms with Crippen molar-refractivity contribution in [2.75, 3.05) is 12.8 Å². The molecule has 0 radical (unpaired) electrons. The van der Waals surface area contributed by atoms with Gasteiger partial charge in [-0.25, -0.2) is 4.39 Å². The van der Waals surface area contributed by atoms with Gasteiger partial charge in [-0.2, -0.15) is 0 Å². The topological polar surface area (TPSA) is 44.5 Å². The van der Waals surface area contributed by atoms with Crippen molar-refractivity contribution in [1.82, 2.24) is 0 Å². The van der Waals surface area contributed by atoms with Gasteiger partial charge in [-0.3, -0.25) is 0 Å². The number of hydrogen-bond acceptors (Lipinski definition) is 3. The SMILES string of the molecule is COc1cc(N)cc(COc2cc(F)cc(Br)c2)c1. The van der Waals surface area contributed by atoms with Crippen molar-refractivity contribution >= 4 is 21.6 Å². The molecule has 0 aliphatic carbocycles. The van der Waals surface area contributed by atoms with Gasteiger partial charge >= 0.3 is 0 Å².